The third kappa shape index (κ3) is 1.63. The van der Waals surface area contributed by atoms with Crippen LogP contribution in [-0.2, 0) is 4.79 Å². The third-order valence-corrected chi connectivity index (χ3v) is 6.68. The number of rotatable bonds is 1. The molecule has 4 atom stereocenters. The van der Waals surface area contributed by atoms with Gasteiger partial charge in [0.1, 0.15) is 5.78 Å². The molecular weight excluding hydrogens is 268 g/mol. The fourth-order valence-electron chi connectivity index (χ4n) is 5.37. The summed E-state index contributed by atoms with van der Waals surface area (Å²) in [6.07, 6.45) is 19.2. The minimum absolute atomic E-state index is 0.0223. The molecule has 1 saturated carbocycles. The first-order valence-electron chi connectivity index (χ1n) is 8.46. The fraction of sp³-hybridized carbons (Fsp3) is 0.476. The number of allylic oxidation sites excluding steroid dienone is 10. The van der Waals surface area contributed by atoms with Crippen LogP contribution in [0.5, 0.6) is 0 Å². The summed E-state index contributed by atoms with van der Waals surface area (Å²) in [7, 11) is 0. The molecule has 0 aromatic heterocycles. The lowest BCUT2D eigenvalue weighted by molar-refractivity contribution is -0.124. The molecule has 0 aromatic carbocycles. The lowest BCUT2D eigenvalue weighted by atomic mass is 9.57. The Kier molecular flexibility index (Phi) is 2.82. The van der Waals surface area contributed by atoms with Gasteiger partial charge >= 0.3 is 0 Å². The molecule has 1 nitrogen and oxygen atoms in total. The van der Waals surface area contributed by atoms with E-state index in [9.17, 15) is 4.79 Å². The Morgan fingerprint density at radius 3 is 2.77 bits per heavy atom. The van der Waals surface area contributed by atoms with Gasteiger partial charge in [0.15, 0.2) is 0 Å². The van der Waals surface area contributed by atoms with Crippen LogP contribution >= 0.6 is 0 Å². The summed E-state index contributed by atoms with van der Waals surface area (Å²) < 4.78 is 0. The molecule has 0 heterocycles. The number of ketones is 1. The van der Waals surface area contributed by atoms with Crippen molar-refractivity contribution in [2.75, 3.05) is 0 Å². The van der Waals surface area contributed by atoms with Crippen molar-refractivity contribution < 1.29 is 4.79 Å². The monoisotopic (exact) mass is 292 g/mol. The Balaban J connectivity index is 1.83. The molecule has 0 saturated heterocycles. The molecule has 0 radical (unpaired) electrons. The molecule has 22 heavy (non-hydrogen) atoms. The second kappa shape index (κ2) is 4.44. The Morgan fingerprint density at radius 1 is 1.18 bits per heavy atom. The van der Waals surface area contributed by atoms with Crippen LogP contribution in [0.1, 0.15) is 40.0 Å². The predicted molar refractivity (Wildman–Crippen MR) is 90.3 cm³/mol. The molecule has 4 aliphatic rings. The molecule has 1 fully saturated rings. The molecule has 114 valence electrons. The molecular formula is C21H24O. The molecule has 0 spiro atoms. The third-order valence-electron chi connectivity index (χ3n) is 6.68. The highest BCUT2D eigenvalue weighted by molar-refractivity contribution is 5.80. The van der Waals surface area contributed by atoms with Gasteiger partial charge in [-0.2, -0.15) is 0 Å². The Labute approximate surface area is 133 Å². The van der Waals surface area contributed by atoms with Crippen molar-refractivity contribution >= 4 is 5.78 Å². The van der Waals surface area contributed by atoms with Crippen LogP contribution < -0.4 is 0 Å². The summed E-state index contributed by atoms with van der Waals surface area (Å²) in [5.41, 5.74) is 4.50. The molecule has 0 N–H and O–H groups in total. The highest BCUT2D eigenvalue weighted by Crippen LogP contribution is 2.61. The lowest BCUT2D eigenvalue weighted by Crippen LogP contribution is -2.39. The van der Waals surface area contributed by atoms with E-state index in [1.807, 2.05) is 0 Å². The highest BCUT2D eigenvalue weighted by atomic mass is 16.1. The number of hydrogen-bond donors (Lipinski definition) is 0. The van der Waals surface area contributed by atoms with Crippen molar-refractivity contribution in [1.29, 1.82) is 0 Å². The SMILES string of the molecule is CC(=O)[C@H]1CC[C@H]2C3=CC=C4C=CC=C[C@]4(C)C3=CC[C@]12C. The van der Waals surface area contributed by atoms with Crippen LogP contribution in [0.3, 0.4) is 0 Å². The van der Waals surface area contributed by atoms with Crippen LogP contribution in [0.4, 0.5) is 0 Å². The molecule has 0 aromatic rings. The fourth-order valence-corrected chi connectivity index (χ4v) is 5.37. The number of fused-ring (bicyclic) bond motifs is 5. The van der Waals surface area contributed by atoms with Crippen molar-refractivity contribution in [3.8, 4) is 0 Å². The van der Waals surface area contributed by atoms with E-state index in [-0.39, 0.29) is 16.7 Å². The van der Waals surface area contributed by atoms with Gasteiger partial charge in [0, 0.05) is 11.3 Å². The van der Waals surface area contributed by atoms with E-state index < -0.39 is 0 Å². The van der Waals surface area contributed by atoms with Gasteiger partial charge in [-0.1, -0.05) is 49.5 Å². The molecule has 1 heteroatoms. The first kappa shape index (κ1) is 14.0. The van der Waals surface area contributed by atoms with Gasteiger partial charge < -0.3 is 0 Å². The average Bonchev–Trinajstić information content (AvgIpc) is 2.84. The second-order valence-electron chi connectivity index (χ2n) is 7.79. The summed E-state index contributed by atoms with van der Waals surface area (Å²) in [6, 6.07) is 0. The molecule has 0 amide bonds. The summed E-state index contributed by atoms with van der Waals surface area (Å²) in [5.74, 6) is 1.15. The van der Waals surface area contributed by atoms with Crippen LogP contribution in [0.25, 0.3) is 0 Å². The van der Waals surface area contributed by atoms with Crippen molar-refractivity contribution in [1.82, 2.24) is 0 Å². The quantitative estimate of drug-likeness (QED) is 0.669. The summed E-state index contributed by atoms with van der Waals surface area (Å²) in [5, 5.41) is 0. The van der Waals surface area contributed by atoms with E-state index in [1.54, 1.807) is 6.92 Å². The van der Waals surface area contributed by atoms with E-state index in [1.165, 1.54) is 16.7 Å². The Morgan fingerprint density at radius 2 is 2.00 bits per heavy atom. The maximum atomic E-state index is 12.1. The van der Waals surface area contributed by atoms with Gasteiger partial charge in [-0.25, -0.2) is 0 Å². The number of carbonyl (C=O) groups excluding carboxylic acids is 1. The zero-order chi connectivity index (χ0) is 15.5. The molecule has 4 aliphatic carbocycles. The zero-order valence-corrected chi connectivity index (χ0v) is 13.7. The van der Waals surface area contributed by atoms with E-state index in [0.717, 1.165) is 19.3 Å². The predicted octanol–water partition coefficient (Wildman–Crippen LogP) is 4.94. The maximum absolute atomic E-state index is 12.1. The van der Waals surface area contributed by atoms with Crippen molar-refractivity contribution in [3.05, 3.63) is 59.3 Å². The van der Waals surface area contributed by atoms with E-state index in [0.29, 0.717) is 11.7 Å². The number of hydrogen-bond acceptors (Lipinski definition) is 1. The minimum Gasteiger partial charge on any atom is -0.300 e. The molecule has 0 aliphatic heterocycles. The van der Waals surface area contributed by atoms with Crippen molar-refractivity contribution in [3.63, 3.8) is 0 Å². The number of Topliss-reactive ketones (excluding diaryl/α,β-unsaturated/α-hetero) is 1. The van der Waals surface area contributed by atoms with E-state index in [2.05, 4.69) is 56.4 Å². The molecule has 0 unspecified atom stereocenters. The standard InChI is InChI=1S/C21H24O/c1-14(22)17-9-10-18-16-8-7-15-6-4-5-12-20(15,2)19(16)11-13-21(17,18)3/h4-8,11-12,17-18H,9-10,13H2,1-3H3/t17-,18+,20+,21-/m1/s1. The van der Waals surface area contributed by atoms with Crippen molar-refractivity contribution in [2.45, 2.75) is 40.0 Å². The van der Waals surface area contributed by atoms with Gasteiger partial charge in [0.25, 0.3) is 0 Å². The Hall–Kier alpha value is -1.63. The van der Waals surface area contributed by atoms with Crippen LogP contribution in [0, 0.1) is 22.7 Å². The summed E-state index contributed by atoms with van der Waals surface area (Å²) in [6.45, 7) is 6.45. The van der Waals surface area contributed by atoms with Crippen LogP contribution in [0.15, 0.2) is 59.3 Å². The second-order valence-corrected chi connectivity index (χ2v) is 7.79. The number of carbonyl (C=O) groups is 1. The van der Waals surface area contributed by atoms with E-state index >= 15 is 0 Å². The smallest absolute Gasteiger partial charge is 0.133 e. The first-order chi connectivity index (χ1) is 10.5. The maximum Gasteiger partial charge on any atom is 0.133 e. The zero-order valence-electron chi connectivity index (χ0n) is 13.7. The lowest BCUT2D eigenvalue weighted by Gasteiger charge is -2.47. The average molecular weight is 292 g/mol. The van der Waals surface area contributed by atoms with Gasteiger partial charge in [0.05, 0.1) is 0 Å². The normalized spacial score (nSPS) is 41.9. The van der Waals surface area contributed by atoms with E-state index in [4.69, 9.17) is 0 Å². The van der Waals surface area contributed by atoms with Gasteiger partial charge in [-0.05, 0) is 61.2 Å². The summed E-state index contributed by atoms with van der Waals surface area (Å²) in [4.78, 5) is 12.1. The van der Waals surface area contributed by atoms with Gasteiger partial charge in [-0.3, -0.25) is 4.79 Å². The Bertz CT molecular complexity index is 699. The topological polar surface area (TPSA) is 17.1 Å². The van der Waals surface area contributed by atoms with Crippen molar-refractivity contribution in [2.24, 2.45) is 22.7 Å². The minimum atomic E-state index is 0.0223. The first-order valence-corrected chi connectivity index (χ1v) is 8.46. The van der Waals surface area contributed by atoms with Gasteiger partial charge in [0.2, 0.25) is 0 Å². The van der Waals surface area contributed by atoms with Gasteiger partial charge in [-0.15, -0.1) is 0 Å². The largest absolute Gasteiger partial charge is 0.300 e. The highest BCUT2D eigenvalue weighted by Gasteiger charge is 2.53. The van der Waals surface area contributed by atoms with Crippen LogP contribution in [0.2, 0.25) is 0 Å². The molecule has 0 bridgehead atoms. The summed E-state index contributed by atoms with van der Waals surface area (Å²) >= 11 is 0. The molecule has 4 rings (SSSR count). The van der Waals surface area contributed by atoms with Crippen LogP contribution in [-0.4, -0.2) is 5.78 Å².